The van der Waals surface area contributed by atoms with Crippen molar-refractivity contribution in [1.82, 2.24) is 10.3 Å². The van der Waals surface area contributed by atoms with Crippen LogP contribution < -0.4 is 5.32 Å². The van der Waals surface area contributed by atoms with Crippen molar-refractivity contribution in [3.63, 3.8) is 0 Å². The molecule has 4 heteroatoms. The predicted molar refractivity (Wildman–Crippen MR) is 76.9 cm³/mol. The van der Waals surface area contributed by atoms with Gasteiger partial charge < -0.3 is 0 Å². The normalized spacial score (nSPS) is 30.8. The lowest BCUT2D eigenvalue weighted by Crippen LogP contribution is -2.49. The van der Waals surface area contributed by atoms with E-state index in [2.05, 4.69) is 28.5 Å². The van der Waals surface area contributed by atoms with Crippen LogP contribution in [0.2, 0.25) is 0 Å². The molecule has 1 N–H and O–H groups in total. The second kappa shape index (κ2) is 5.52. The molecule has 0 saturated heterocycles. The summed E-state index contributed by atoms with van der Waals surface area (Å²) < 4.78 is 0. The molecule has 3 rings (SSSR count). The fraction of sp³-hybridized carbons (Fsp3) is 0.600. The molecule has 2 fully saturated rings. The smallest absolute Gasteiger partial charge is 0.108 e. The maximum absolute atomic E-state index is 9.57. The Balaban J connectivity index is 1.65. The lowest BCUT2D eigenvalue weighted by molar-refractivity contribution is 0.301. The van der Waals surface area contributed by atoms with Gasteiger partial charge in [-0.05, 0) is 50.7 Å². The first kappa shape index (κ1) is 13.0. The highest BCUT2D eigenvalue weighted by Gasteiger charge is 2.40. The first-order chi connectivity index (χ1) is 9.30. The van der Waals surface area contributed by atoms with Crippen LogP contribution in [0.5, 0.6) is 0 Å². The monoisotopic (exact) mass is 273 g/mol. The van der Waals surface area contributed by atoms with Crippen molar-refractivity contribution in [3.05, 3.63) is 24.5 Å². The van der Waals surface area contributed by atoms with E-state index >= 15 is 0 Å². The van der Waals surface area contributed by atoms with Crippen LogP contribution in [0, 0.1) is 11.3 Å². The summed E-state index contributed by atoms with van der Waals surface area (Å²) in [5.41, 5.74) is -0.274. The maximum Gasteiger partial charge on any atom is 0.108 e. The van der Waals surface area contributed by atoms with E-state index in [1.165, 1.54) is 24.2 Å². The lowest BCUT2D eigenvalue weighted by atomic mass is 9.82. The van der Waals surface area contributed by atoms with Gasteiger partial charge in [-0.25, -0.2) is 0 Å². The highest BCUT2D eigenvalue weighted by Crippen LogP contribution is 2.39. The Kier molecular flexibility index (Phi) is 3.76. The summed E-state index contributed by atoms with van der Waals surface area (Å²) in [7, 11) is 0. The molecule has 0 bridgehead atoms. The van der Waals surface area contributed by atoms with Crippen molar-refractivity contribution in [3.8, 4) is 6.07 Å². The first-order valence-electron chi connectivity index (χ1n) is 7.05. The highest BCUT2D eigenvalue weighted by atomic mass is 32.2. The number of hydrogen-bond donors (Lipinski definition) is 1. The number of pyridine rings is 1. The summed E-state index contributed by atoms with van der Waals surface area (Å²) in [4.78, 5) is 5.32. The van der Waals surface area contributed by atoms with Gasteiger partial charge in [-0.2, -0.15) is 5.26 Å². The summed E-state index contributed by atoms with van der Waals surface area (Å²) in [6, 6.07) is 7.28. The van der Waals surface area contributed by atoms with Gasteiger partial charge in [-0.3, -0.25) is 10.3 Å². The van der Waals surface area contributed by atoms with E-state index in [4.69, 9.17) is 0 Å². The summed E-state index contributed by atoms with van der Waals surface area (Å²) in [5, 5.41) is 13.7. The average Bonchev–Trinajstić information content (AvgIpc) is 3.24. The van der Waals surface area contributed by atoms with Gasteiger partial charge in [0.05, 0.1) is 6.07 Å². The third kappa shape index (κ3) is 3.29. The first-order valence-corrected chi connectivity index (χ1v) is 7.93. The topological polar surface area (TPSA) is 48.7 Å². The van der Waals surface area contributed by atoms with Crippen molar-refractivity contribution in [2.45, 2.75) is 60.3 Å². The van der Waals surface area contributed by atoms with Crippen LogP contribution in [0.3, 0.4) is 0 Å². The number of hydrogen-bond acceptors (Lipinski definition) is 4. The van der Waals surface area contributed by atoms with E-state index in [-0.39, 0.29) is 5.54 Å². The van der Waals surface area contributed by atoms with Crippen molar-refractivity contribution in [2.75, 3.05) is 0 Å². The van der Waals surface area contributed by atoms with E-state index in [0.717, 1.165) is 19.3 Å². The minimum atomic E-state index is -0.274. The molecular weight excluding hydrogens is 254 g/mol. The van der Waals surface area contributed by atoms with Gasteiger partial charge in [0.15, 0.2) is 0 Å². The van der Waals surface area contributed by atoms with E-state index in [1.807, 2.05) is 24.2 Å². The molecule has 2 saturated carbocycles. The second-order valence-corrected chi connectivity index (χ2v) is 7.01. The number of thioether (sulfide) groups is 1. The van der Waals surface area contributed by atoms with E-state index in [9.17, 15) is 5.26 Å². The third-order valence-electron chi connectivity index (χ3n) is 3.93. The number of nitrogens with one attached hydrogen (secondary N) is 1. The molecule has 0 aliphatic heterocycles. The summed E-state index contributed by atoms with van der Waals surface area (Å²) >= 11 is 1.90. The maximum atomic E-state index is 9.57. The molecule has 0 spiro atoms. The zero-order valence-electron chi connectivity index (χ0n) is 11.0. The quantitative estimate of drug-likeness (QED) is 0.915. The van der Waals surface area contributed by atoms with Crippen molar-refractivity contribution < 1.29 is 0 Å². The minimum Gasteiger partial charge on any atom is -0.297 e. The van der Waals surface area contributed by atoms with Crippen molar-refractivity contribution >= 4 is 11.8 Å². The van der Waals surface area contributed by atoms with Crippen LogP contribution >= 0.6 is 11.8 Å². The molecule has 0 aromatic carbocycles. The Morgan fingerprint density at radius 1 is 1.32 bits per heavy atom. The standard InChI is InChI=1S/C15H19N3S/c16-11-15(18-12-3-4-12)7-1-2-14(10-15)19-13-5-8-17-9-6-13/h5-6,8-9,12,14,18H,1-4,7,10H2. The molecule has 2 aliphatic carbocycles. The Bertz CT molecular complexity index is 466. The fourth-order valence-corrected chi connectivity index (χ4v) is 4.13. The molecular formula is C15H19N3S. The number of aromatic nitrogens is 1. The van der Waals surface area contributed by atoms with Crippen LogP contribution in [0.25, 0.3) is 0 Å². The van der Waals surface area contributed by atoms with Gasteiger partial charge in [0.1, 0.15) is 5.54 Å². The van der Waals surface area contributed by atoms with E-state index in [0.29, 0.717) is 11.3 Å². The molecule has 1 aromatic rings. The highest BCUT2D eigenvalue weighted by molar-refractivity contribution is 8.00. The lowest BCUT2D eigenvalue weighted by Gasteiger charge is -2.36. The molecule has 19 heavy (non-hydrogen) atoms. The third-order valence-corrected chi connectivity index (χ3v) is 5.21. The number of nitrogens with zero attached hydrogens (tertiary/aromatic N) is 2. The van der Waals surface area contributed by atoms with Gasteiger partial charge in [-0.1, -0.05) is 0 Å². The molecule has 2 atom stereocenters. The molecule has 1 heterocycles. The molecule has 0 amide bonds. The van der Waals surface area contributed by atoms with Crippen molar-refractivity contribution in [1.29, 1.82) is 5.26 Å². The molecule has 3 nitrogen and oxygen atoms in total. The zero-order chi connectivity index (χ0) is 13.1. The van der Waals surface area contributed by atoms with Crippen molar-refractivity contribution in [2.24, 2.45) is 0 Å². The molecule has 1 aromatic heterocycles. The summed E-state index contributed by atoms with van der Waals surface area (Å²) in [6.45, 7) is 0. The number of rotatable bonds is 4. The summed E-state index contributed by atoms with van der Waals surface area (Å²) in [5.74, 6) is 0. The van der Waals surface area contributed by atoms with E-state index < -0.39 is 0 Å². The molecule has 2 unspecified atom stereocenters. The average molecular weight is 273 g/mol. The molecule has 100 valence electrons. The van der Waals surface area contributed by atoms with Crippen LogP contribution in [0.15, 0.2) is 29.4 Å². The fourth-order valence-electron chi connectivity index (χ4n) is 2.82. The Labute approximate surface area is 118 Å². The van der Waals surface area contributed by atoms with Crippen LogP contribution in [-0.4, -0.2) is 21.8 Å². The summed E-state index contributed by atoms with van der Waals surface area (Å²) in [6.07, 6.45) is 10.5. The molecule has 0 radical (unpaired) electrons. The number of nitriles is 1. The van der Waals surface area contributed by atoms with E-state index in [1.54, 1.807) is 0 Å². The Hall–Kier alpha value is -1.05. The molecule has 2 aliphatic rings. The van der Waals surface area contributed by atoms with Crippen LogP contribution in [0.4, 0.5) is 0 Å². The zero-order valence-corrected chi connectivity index (χ0v) is 11.8. The van der Waals surface area contributed by atoms with Crippen LogP contribution in [-0.2, 0) is 0 Å². The largest absolute Gasteiger partial charge is 0.297 e. The predicted octanol–water partition coefficient (Wildman–Crippen LogP) is 3.13. The Morgan fingerprint density at radius 2 is 2.11 bits per heavy atom. The second-order valence-electron chi connectivity index (χ2n) is 5.63. The van der Waals surface area contributed by atoms with Gasteiger partial charge in [0.25, 0.3) is 0 Å². The van der Waals surface area contributed by atoms with Gasteiger partial charge in [0, 0.05) is 28.6 Å². The SMILES string of the molecule is N#CC1(NC2CC2)CCCC(Sc2ccncc2)C1. The van der Waals surface area contributed by atoms with Gasteiger partial charge >= 0.3 is 0 Å². The van der Waals surface area contributed by atoms with Gasteiger partial charge in [0.2, 0.25) is 0 Å². The minimum absolute atomic E-state index is 0.274. The van der Waals surface area contributed by atoms with Gasteiger partial charge in [-0.15, -0.1) is 11.8 Å². The Morgan fingerprint density at radius 3 is 2.79 bits per heavy atom. The van der Waals surface area contributed by atoms with Crippen LogP contribution in [0.1, 0.15) is 38.5 Å².